The van der Waals surface area contributed by atoms with Gasteiger partial charge in [-0.05, 0) is 19.4 Å². The summed E-state index contributed by atoms with van der Waals surface area (Å²) in [5.41, 5.74) is 0. The van der Waals surface area contributed by atoms with Gasteiger partial charge >= 0.3 is 0 Å². The quantitative estimate of drug-likeness (QED) is 0.747. The Kier molecular flexibility index (Phi) is 5.58. The van der Waals surface area contributed by atoms with Crippen LogP contribution in [0.15, 0.2) is 0 Å². The standard InChI is InChI=1S/C12H26N2O/c1-10(2)13-7-11(3)8-14-5-6-15-12(4)9-14/h10-13H,5-9H2,1-4H3. The Morgan fingerprint density at radius 1 is 1.40 bits per heavy atom. The molecule has 15 heavy (non-hydrogen) atoms. The first kappa shape index (κ1) is 12.9. The Bertz CT molecular complexity index is 173. The molecular formula is C12H26N2O. The molecule has 1 rings (SSSR count). The molecule has 1 N–H and O–H groups in total. The number of hydrogen-bond donors (Lipinski definition) is 1. The predicted octanol–water partition coefficient (Wildman–Crippen LogP) is 1.34. The summed E-state index contributed by atoms with van der Waals surface area (Å²) in [6.07, 6.45) is 0.406. The lowest BCUT2D eigenvalue weighted by Gasteiger charge is -2.33. The molecule has 0 amide bonds. The maximum absolute atomic E-state index is 5.53. The van der Waals surface area contributed by atoms with Crippen LogP contribution in [0.3, 0.4) is 0 Å². The molecule has 3 nitrogen and oxygen atoms in total. The number of nitrogens with zero attached hydrogens (tertiary/aromatic N) is 1. The van der Waals surface area contributed by atoms with Gasteiger partial charge in [-0.15, -0.1) is 0 Å². The molecule has 2 atom stereocenters. The smallest absolute Gasteiger partial charge is 0.0674 e. The van der Waals surface area contributed by atoms with Gasteiger partial charge in [-0.25, -0.2) is 0 Å². The lowest BCUT2D eigenvalue weighted by molar-refractivity contribution is -0.0223. The van der Waals surface area contributed by atoms with Gasteiger partial charge in [0, 0.05) is 25.7 Å². The third-order valence-corrected chi connectivity index (χ3v) is 2.77. The highest BCUT2D eigenvalue weighted by Crippen LogP contribution is 2.07. The summed E-state index contributed by atoms with van der Waals surface area (Å²) in [7, 11) is 0. The molecule has 2 unspecified atom stereocenters. The third-order valence-electron chi connectivity index (χ3n) is 2.77. The first-order valence-corrected chi connectivity index (χ1v) is 6.15. The second-order valence-corrected chi connectivity index (χ2v) is 5.11. The minimum absolute atomic E-state index is 0.406. The van der Waals surface area contributed by atoms with Crippen LogP contribution < -0.4 is 5.32 Å². The number of morpholine rings is 1. The average molecular weight is 214 g/mol. The van der Waals surface area contributed by atoms with Crippen LogP contribution in [0.1, 0.15) is 27.7 Å². The lowest BCUT2D eigenvalue weighted by Crippen LogP contribution is -2.44. The van der Waals surface area contributed by atoms with E-state index in [9.17, 15) is 0 Å². The van der Waals surface area contributed by atoms with Crippen molar-refractivity contribution in [2.24, 2.45) is 5.92 Å². The van der Waals surface area contributed by atoms with Gasteiger partial charge in [-0.3, -0.25) is 4.90 Å². The molecule has 0 aliphatic carbocycles. The Morgan fingerprint density at radius 2 is 2.13 bits per heavy atom. The molecular weight excluding hydrogens is 188 g/mol. The summed E-state index contributed by atoms with van der Waals surface area (Å²) in [6, 6.07) is 0.594. The number of nitrogens with one attached hydrogen (secondary N) is 1. The zero-order chi connectivity index (χ0) is 11.3. The number of hydrogen-bond acceptors (Lipinski definition) is 3. The second-order valence-electron chi connectivity index (χ2n) is 5.11. The summed E-state index contributed by atoms with van der Waals surface area (Å²) < 4.78 is 5.53. The zero-order valence-corrected chi connectivity index (χ0v) is 10.6. The minimum Gasteiger partial charge on any atom is -0.376 e. The van der Waals surface area contributed by atoms with E-state index >= 15 is 0 Å². The first-order valence-electron chi connectivity index (χ1n) is 6.15. The summed E-state index contributed by atoms with van der Waals surface area (Å²) in [5, 5.41) is 3.49. The Labute approximate surface area is 94.2 Å². The van der Waals surface area contributed by atoms with E-state index in [1.165, 1.54) is 6.54 Å². The fourth-order valence-corrected chi connectivity index (χ4v) is 2.00. The van der Waals surface area contributed by atoms with Crippen molar-refractivity contribution in [1.82, 2.24) is 10.2 Å². The van der Waals surface area contributed by atoms with Gasteiger partial charge < -0.3 is 10.1 Å². The second kappa shape index (κ2) is 6.46. The van der Waals surface area contributed by atoms with Gasteiger partial charge in [0.2, 0.25) is 0 Å². The fourth-order valence-electron chi connectivity index (χ4n) is 2.00. The molecule has 0 radical (unpaired) electrons. The maximum Gasteiger partial charge on any atom is 0.0674 e. The molecule has 0 aromatic carbocycles. The first-order chi connectivity index (χ1) is 7.08. The van der Waals surface area contributed by atoms with Crippen LogP contribution in [-0.2, 0) is 4.74 Å². The van der Waals surface area contributed by atoms with Crippen molar-refractivity contribution in [1.29, 1.82) is 0 Å². The Hall–Kier alpha value is -0.120. The largest absolute Gasteiger partial charge is 0.376 e. The predicted molar refractivity (Wildman–Crippen MR) is 64.2 cm³/mol. The van der Waals surface area contributed by atoms with Gasteiger partial charge in [0.1, 0.15) is 0 Å². The minimum atomic E-state index is 0.406. The van der Waals surface area contributed by atoms with Crippen molar-refractivity contribution in [2.45, 2.75) is 39.8 Å². The van der Waals surface area contributed by atoms with Crippen LogP contribution in [0.5, 0.6) is 0 Å². The lowest BCUT2D eigenvalue weighted by atomic mass is 10.1. The molecule has 1 aliphatic rings. The van der Waals surface area contributed by atoms with Crippen molar-refractivity contribution >= 4 is 0 Å². The Morgan fingerprint density at radius 3 is 2.73 bits per heavy atom. The molecule has 0 aromatic rings. The van der Waals surface area contributed by atoms with Crippen molar-refractivity contribution < 1.29 is 4.74 Å². The SMILES string of the molecule is CC(CNC(C)C)CN1CCOC(C)C1. The molecule has 90 valence electrons. The molecule has 1 heterocycles. The number of ether oxygens (including phenoxy) is 1. The van der Waals surface area contributed by atoms with Crippen molar-refractivity contribution in [3.05, 3.63) is 0 Å². The van der Waals surface area contributed by atoms with Crippen LogP contribution in [-0.4, -0.2) is 49.8 Å². The molecule has 1 fully saturated rings. The van der Waals surface area contributed by atoms with E-state index in [1.54, 1.807) is 0 Å². The molecule has 0 aromatic heterocycles. The molecule has 0 saturated carbocycles. The fraction of sp³-hybridized carbons (Fsp3) is 1.00. The topological polar surface area (TPSA) is 24.5 Å². The highest BCUT2D eigenvalue weighted by Gasteiger charge is 2.18. The van der Waals surface area contributed by atoms with E-state index in [1.807, 2.05) is 0 Å². The molecule has 1 aliphatic heterocycles. The highest BCUT2D eigenvalue weighted by molar-refractivity contribution is 4.71. The monoisotopic (exact) mass is 214 g/mol. The third kappa shape index (κ3) is 5.50. The zero-order valence-electron chi connectivity index (χ0n) is 10.6. The van der Waals surface area contributed by atoms with E-state index in [0.717, 1.165) is 32.2 Å². The van der Waals surface area contributed by atoms with Crippen molar-refractivity contribution in [2.75, 3.05) is 32.8 Å². The Balaban J connectivity index is 2.16. The molecule has 0 spiro atoms. The summed E-state index contributed by atoms with van der Waals surface area (Å²) in [6.45, 7) is 14.2. The van der Waals surface area contributed by atoms with E-state index in [0.29, 0.717) is 12.1 Å². The maximum atomic E-state index is 5.53. The van der Waals surface area contributed by atoms with Gasteiger partial charge in [0.15, 0.2) is 0 Å². The van der Waals surface area contributed by atoms with Gasteiger partial charge in [-0.1, -0.05) is 20.8 Å². The van der Waals surface area contributed by atoms with Crippen LogP contribution in [0.25, 0.3) is 0 Å². The molecule has 1 saturated heterocycles. The molecule has 3 heteroatoms. The van der Waals surface area contributed by atoms with Crippen LogP contribution in [0, 0.1) is 5.92 Å². The van der Waals surface area contributed by atoms with E-state index in [2.05, 4.69) is 37.9 Å². The van der Waals surface area contributed by atoms with Crippen molar-refractivity contribution in [3.8, 4) is 0 Å². The summed E-state index contributed by atoms with van der Waals surface area (Å²) in [5.74, 6) is 0.720. The average Bonchev–Trinajstić information content (AvgIpc) is 2.15. The summed E-state index contributed by atoms with van der Waals surface area (Å²) >= 11 is 0. The van der Waals surface area contributed by atoms with Crippen LogP contribution in [0.4, 0.5) is 0 Å². The summed E-state index contributed by atoms with van der Waals surface area (Å²) in [4.78, 5) is 2.51. The van der Waals surface area contributed by atoms with Gasteiger partial charge in [-0.2, -0.15) is 0 Å². The van der Waals surface area contributed by atoms with E-state index in [-0.39, 0.29) is 0 Å². The van der Waals surface area contributed by atoms with Crippen molar-refractivity contribution in [3.63, 3.8) is 0 Å². The van der Waals surface area contributed by atoms with Crippen LogP contribution in [0.2, 0.25) is 0 Å². The molecule has 0 bridgehead atoms. The van der Waals surface area contributed by atoms with Crippen LogP contribution >= 0.6 is 0 Å². The van der Waals surface area contributed by atoms with E-state index < -0.39 is 0 Å². The van der Waals surface area contributed by atoms with Gasteiger partial charge in [0.05, 0.1) is 12.7 Å². The van der Waals surface area contributed by atoms with Gasteiger partial charge in [0.25, 0.3) is 0 Å². The van der Waals surface area contributed by atoms with E-state index in [4.69, 9.17) is 4.74 Å². The normalized spacial score (nSPS) is 25.8. The highest BCUT2D eigenvalue weighted by atomic mass is 16.5. The number of rotatable bonds is 5.